The highest BCUT2D eigenvalue weighted by Crippen LogP contribution is 2.44. The van der Waals surface area contributed by atoms with E-state index >= 15 is 0 Å². The van der Waals surface area contributed by atoms with Gasteiger partial charge in [-0.15, -0.1) is 0 Å². The first-order valence-electron chi connectivity index (χ1n) is 4.77. The van der Waals surface area contributed by atoms with Crippen molar-refractivity contribution in [2.75, 3.05) is 33.2 Å². The number of hydrogen-bond donors (Lipinski definition) is 1. The van der Waals surface area contributed by atoms with Crippen LogP contribution in [0.5, 0.6) is 0 Å². The van der Waals surface area contributed by atoms with Gasteiger partial charge in [0.1, 0.15) is 0 Å². The second-order valence-corrected chi connectivity index (χ2v) is 3.97. The standard InChI is InChI=1S/C9H18N2/c1-10-3-2-4-11-6-8-5-9(8)7-11/h8-10H,2-7H2,1H3. The Morgan fingerprint density at radius 3 is 2.73 bits per heavy atom. The summed E-state index contributed by atoms with van der Waals surface area (Å²) in [5.41, 5.74) is 0. The average molecular weight is 154 g/mol. The third kappa shape index (κ3) is 1.74. The maximum absolute atomic E-state index is 3.19. The van der Waals surface area contributed by atoms with Crippen LogP contribution in [0.15, 0.2) is 0 Å². The molecule has 2 atom stereocenters. The van der Waals surface area contributed by atoms with Gasteiger partial charge in [0, 0.05) is 13.1 Å². The fraction of sp³-hybridized carbons (Fsp3) is 1.00. The quantitative estimate of drug-likeness (QED) is 0.595. The summed E-state index contributed by atoms with van der Waals surface area (Å²) in [5.74, 6) is 2.20. The summed E-state index contributed by atoms with van der Waals surface area (Å²) >= 11 is 0. The highest BCUT2D eigenvalue weighted by molar-refractivity contribution is 4.96. The van der Waals surface area contributed by atoms with Crippen LogP contribution in [-0.4, -0.2) is 38.1 Å². The van der Waals surface area contributed by atoms with Gasteiger partial charge in [-0.1, -0.05) is 0 Å². The second kappa shape index (κ2) is 3.11. The van der Waals surface area contributed by atoms with Crippen LogP contribution < -0.4 is 5.32 Å². The van der Waals surface area contributed by atoms with E-state index in [2.05, 4.69) is 10.2 Å². The summed E-state index contributed by atoms with van der Waals surface area (Å²) < 4.78 is 0. The Morgan fingerprint density at radius 1 is 1.36 bits per heavy atom. The molecule has 0 aromatic rings. The van der Waals surface area contributed by atoms with Crippen LogP contribution in [0.3, 0.4) is 0 Å². The Labute approximate surface area is 69.0 Å². The van der Waals surface area contributed by atoms with Crippen LogP contribution in [0, 0.1) is 11.8 Å². The summed E-state index contributed by atoms with van der Waals surface area (Å²) in [6.45, 7) is 5.28. The van der Waals surface area contributed by atoms with Crippen molar-refractivity contribution in [2.45, 2.75) is 12.8 Å². The molecular weight excluding hydrogens is 136 g/mol. The molecule has 2 aliphatic rings. The lowest BCUT2D eigenvalue weighted by Gasteiger charge is -2.16. The van der Waals surface area contributed by atoms with E-state index in [9.17, 15) is 0 Å². The first-order chi connectivity index (χ1) is 5.40. The van der Waals surface area contributed by atoms with E-state index in [1.807, 2.05) is 7.05 Å². The zero-order valence-corrected chi connectivity index (χ0v) is 7.34. The van der Waals surface area contributed by atoms with E-state index in [4.69, 9.17) is 0 Å². The van der Waals surface area contributed by atoms with Gasteiger partial charge in [-0.25, -0.2) is 0 Å². The first-order valence-corrected chi connectivity index (χ1v) is 4.77. The Bertz CT molecular complexity index is 126. The molecule has 0 aromatic carbocycles. The lowest BCUT2D eigenvalue weighted by atomic mass is 10.3. The zero-order valence-electron chi connectivity index (χ0n) is 7.34. The van der Waals surface area contributed by atoms with Gasteiger partial charge < -0.3 is 10.2 Å². The SMILES string of the molecule is CNCCCN1CC2CC2C1. The summed E-state index contributed by atoms with van der Waals surface area (Å²) in [7, 11) is 2.03. The monoisotopic (exact) mass is 154 g/mol. The van der Waals surface area contributed by atoms with E-state index in [0.717, 1.165) is 11.8 Å². The number of hydrogen-bond acceptors (Lipinski definition) is 2. The molecule has 0 aromatic heterocycles. The number of fused-ring (bicyclic) bond motifs is 1. The van der Waals surface area contributed by atoms with Crippen LogP contribution in [0.25, 0.3) is 0 Å². The van der Waals surface area contributed by atoms with E-state index in [0.29, 0.717) is 0 Å². The maximum atomic E-state index is 3.19. The minimum atomic E-state index is 1.10. The summed E-state index contributed by atoms with van der Waals surface area (Å²) in [6, 6.07) is 0. The molecule has 11 heavy (non-hydrogen) atoms. The van der Waals surface area contributed by atoms with Crippen molar-refractivity contribution < 1.29 is 0 Å². The molecule has 1 saturated heterocycles. The molecule has 0 amide bonds. The molecule has 2 heteroatoms. The van der Waals surface area contributed by atoms with Crippen molar-refractivity contribution >= 4 is 0 Å². The Hall–Kier alpha value is -0.0800. The second-order valence-electron chi connectivity index (χ2n) is 3.97. The van der Waals surface area contributed by atoms with E-state index in [-0.39, 0.29) is 0 Å². The molecule has 0 bridgehead atoms. The third-order valence-electron chi connectivity index (χ3n) is 2.96. The van der Waals surface area contributed by atoms with Gasteiger partial charge in [0.15, 0.2) is 0 Å². The zero-order chi connectivity index (χ0) is 7.68. The largest absolute Gasteiger partial charge is 0.320 e. The summed E-state index contributed by atoms with van der Waals surface area (Å²) in [4.78, 5) is 2.62. The lowest BCUT2D eigenvalue weighted by Crippen LogP contribution is -2.26. The minimum Gasteiger partial charge on any atom is -0.320 e. The first kappa shape index (κ1) is 7.56. The Kier molecular flexibility index (Phi) is 2.14. The molecule has 0 radical (unpaired) electrons. The fourth-order valence-corrected chi connectivity index (χ4v) is 2.16. The van der Waals surface area contributed by atoms with Gasteiger partial charge in [0.05, 0.1) is 0 Å². The smallest absolute Gasteiger partial charge is 0.00130 e. The summed E-state index contributed by atoms with van der Waals surface area (Å²) in [5, 5.41) is 3.19. The van der Waals surface area contributed by atoms with Gasteiger partial charge in [-0.05, 0) is 44.8 Å². The van der Waals surface area contributed by atoms with Crippen LogP contribution in [0.2, 0.25) is 0 Å². The van der Waals surface area contributed by atoms with Crippen molar-refractivity contribution in [3.8, 4) is 0 Å². The van der Waals surface area contributed by atoms with E-state index in [1.54, 1.807) is 0 Å². The molecule has 2 nitrogen and oxygen atoms in total. The highest BCUT2D eigenvalue weighted by Gasteiger charge is 2.44. The molecule has 1 aliphatic carbocycles. The van der Waals surface area contributed by atoms with E-state index in [1.165, 1.54) is 39.0 Å². The molecule has 1 aliphatic heterocycles. The molecule has 1 heterocycles. The fourth-order valence-electron chi connectivity index (χ4n) is 2.16. The van der Waals surface area contributed by atoms with Gasteiger partial charge in [-0.3, -0.25) is 0 Å². The molecule has 2 unspecified atom stereocenters. The van der Waals surface area contributed by atoms with Crippen LogP contribution in [0.4, 0.5) is 0 Å². The van der Waals surface area contributed by atoms with Gasteiger partial charge in [-0.2, -0.15) is 0 Å². The van der Waals surface area contributed by atoms with Crippen molar-refractivity contribution in [3.63, 3.8) is 0 Å². The van der Waals surface area contributed by atoms with Crippen LogP contribution in [-0.2, 0) is 0 Å². The molecule has 2 rings (SSSR count). The topological polar surface area (TPSA) is 15.3 Å². The third-order valence-corrected chi connectivity index (χ3v) is 2.96. The lowest BCUT2D eigenvalue weighted by molar-refractivity contribution is 0.300. The van der Waals surface area contributed by atoms with Crippen LogP contribution in [0.1, 0.15) is 12.8 Å². The number of likely N-dealkylation sites (tertiary alicyclic amines) is 1. The average Bonchev–Trinajstić information content (AvgIpc) is 2.61. The van der Waals surface area contributed by atoms with Gasteiger partial charge in [0.2, 0.25) is 0 Å². The predicted octanol–water partition coefficient (Wildman–Crippen LogP) is 0.548. The molecule has 0 spiro atoms. The normalized spacial score (nSPS) is 35.7. The number of nitrogens with one attached hydrogen (secondary N) is 1. The molecule has 1 saturated carbocycles. The maximum Gasteiger partial charge on any atom is 0.00130 e. The van der Waals surface area contributed by atoms with Crippen molar-refractivity contribution in [1.29, 1.82) is 0 Å². The Morgan fingerprint density at radius 2 is 2.09 bits per heavy atom. The molecule has 2 fully saturated rings. The van der Waals surface area contributed by atoms with Crippen molar-refractivity contribution in [2.24, 2.45) is 11.8 Å². The minimum absolute atomic E-state index is 1.10. The van der Waals surface area contributed by atoms with Crippen LogP contribution >= 0.6 is 0 Å². The highest BCUT2D eigenvalue weighted by atomic mass is 15.2. The molecular formula is C9H18N2. The van der Waals surface area contributed by atoms with E-state index < -0.39 is 0 Å². The van der Waals surface area contributed by atoms with Crippen molar-refractivity contribution in [1.82, 2.24) is 10.2 Å². The molecule has 64 valence electrons. The summed E-state index contributed by atoms with van der Waals surface area (Å²) in [6.07, 6.45) is 2.85. The number of piperidine rings is 1. The number of nitrogens with zero attached hydrogens (tertiary/aromatic N) is 1. The predicted molar refractivity (Wildman–Crippen MR) is 46.6 cm³/mol. The van der Waals surface area contributed by atoms with Gasteiger partial charge >= 0.3 is 0 Å². The van der Waals surface area contributed by atoms with Gasteiger partial charge in [0.25, 0.3) is 0 Å². The Balaban J connectivity index is 1.57. The number of rotatable bonds is 4. The molecule has 1 N–H and O–H groups in total. The van der Waals surface area contributed by atoms with Crippen molar-refractivity contribution in [3.05, 3.63) is 0 Å².